The second kappa shape index (κ2) is 6.35. The molecule has 0 radical (unpaired) electrons. The Kier molecular flexibility index (Phi) is 5.42. The van der Waals surface area contributed by atoms with E-state index in [1.807, 2.05) is 0 Å². The SMILES string of the molecule is C=C(C)CCCC1CCC(C(C)C)CC1. The first kappa shape index (κ1) is 12.8. The minimum atomic E-state index is 0.904. The van der Waals surface area contributed by atoms with Crippen LogP contribution in [0.2, 0.25) is 0 Å². The highest BCUT2D eigenvalue weighted by atomic mass is 14.3. The van der Waals surface area contributed by atoms with Crippen LogP contribution >= 0.6 is 0 Å². The summed E-state index contributed by atoms with van der Waals surface area (Å²) in [6.07, 6.45) is 9.98. The molecule has 0 spiro atoms. The fourth-order valence-corrected chi connectivity index (χ4v) is 2.84. The predicted molar refractivity (Wildman–Crippen MR) is 69.0 cm³/mol. The van der Waals surface area contributed by atoms with Crippen LogP contribution in [0.5, 0.6) is 0 Å². The van der Waals surface area contributed by atoms with E-state index >= 15 is 0 Å². The van der Waals surface area contributed by atoms with Gasteiger partial charge in [0, 0.05) is 0 Å². The molecule has 0 nitrogen and oxygen atoms in total. The molecule has 0 bridgehead atoms. The van der Waals surface area contributed by atoms with Crippen molar-refractivity contribution in [1.29, 1.82) is 0 Å². The molecular weight excluding hydrogens is 180 g/mol. The van der Waals surface area contributed by atoms with Gasteiger partial charge in [0.15, 0.2) is 0 Å². The van der Waals surface area contributed by atoms with E-state index in [0.717, 1.165) is 17.8 Å². The molecule has 0 heterocycles. The van der Waals surface area contributed by atoms with Gasteiger partial charge in [0.05, 0.1) is 0 Å². The quantitative estimate of drug-likeness (QED) is 0.545. The molecule has 0 aromatic carbocycles. The number of rotatable bonds is 5. The summed E-state index contributed by atoms with van der Waals surface area (Å²) in [7, 11) is 0. The van der Waals surface area contributed by atoms with Gasteiger partial charge in [-0.1, -0.05) is 38.7 Å². The van der Waals surface area contributed by atoms with E-state index in [9.17, 15) is 0 Å². The minimum absolute atomic E-state index is 0.904. The van der Waals surface area contributed by atoms with Crippen LogP contribution in [0.3, 0.4) is 0 Å². The molecule has 0 saturated heterocycles. The van der Waals surface area contributed by atoms with Gasteiger partial charge in [0.25, 0.3) is 0 Å². The highest BCUT2D eigenvalue weighted by molar-refractivity contribution is 4.87. The van der Waals surface area contributed by atoms with E-state index in [1.165, 1.54) is 50.5 Å². The average Bonchev–Trinajstić information content (AvgIpc) is 2.18. The molecule has 0 atom stereocenters. The molecule has 1 fully saturated rings. The Morgan fingerprint density at radius 2 is 1.80 bits per heavy atom. The van der Waals surface area contributed by atoms with Crippen molar-refractivity contribution < 1.29 is 0 Å². The van der Waals surface area contributed by atoms with Crippen LogP contribution in [0.25, 0.3) is 0 Å². The third-order valence-corrected chi connectivity index (χ3v) is 4.05. The highest BCUT2D eigenvalue weighted by Gasteiger charge is 2.22. The molecular formula is C15H28. The van der Waals surface area contributed by atoms with Gasteiger partial charge < -0.3 is 0 Å². The van der Waals surface area contributed by atoms with Gasteiger partial charge in [0.2, 0.25) is 0 Å². The molecule has 88 valence electrons. The Morgan fingerprint density at radius 1 is 1.20 bits per heavy atom. The fourth-order valence-electron chi connectivity index (χ4n) is 2.84. The first-order valence-electron chi connectivity index (χ1n) is 6.74. The van der Waals surface area contributed by atoms with Crippen molar-refractivity contribution in [3.05, 3.63) is 12.2 Å². The van der Waals surface area contributed by atoms with Gasteiger partial charge in [-0.05, 0) is 50.4 Å². The Labute approximate surface area is 96.2 Å². The van der Waals surface area contributed by atoms with E-state index in [1.54, 1.807) is 0 Å². The topological polar surface area (TPSA) is 0 Å². The maximum absolute atomic E-state index is 3.97. The van der Waals surface area contributed by atoms with Crippen molar-refractivity contribution in [2.75, 3.05) is 0 Å². The van der Waals surface area contributed by atoms with Gasteiger partial charge >= 0.3 is 0 Å². The van der Waals surface area contributed by atoms with Crippen LogP contribution in [0.15, 0.2) is 12.2 Å². The largest absolute Gasteiger partial charge is 0.100 e. The summed E-state index contributed by atoms with van der Waals surface area (Å²) < 4.78 is 0. The maximum Gasteiger partial charge on any atom is -0.0326 e. The molecule has 1 aliphatic carbocycles. The van der Waals surface area contributed by atoms with Crippen LogP contribution in [0, 0.1) is 17.8 Å². The van der Waals surface area contributed by atoms with Crippen molar-refractivity contribution >= 4 is 0 Å². The third kappa shape index (κ3) is 4.86. The summed E-state index contributed by atoms with van der Waals surface area (Å²) in [5.41, 5.74) is 1.35. The van der Waals surface area contributed by atoms with Gasteiger partial charge in [-0.2, -0.15) is 0 Å². The Hall–Kier alpha value is -0.260. The van der Waals surface area contributed by atoms with Crippen LogP contribution in [0.1, 0.15) is 65.7 Å². The molecule has 0 aromatic rings. The van der Waals surface area contributed by atoms with Crippen molar-refractivity contribution in [3.63, 3.8) is 0 Å². The molecule has 1 rings (SSSR count). The second-order valence-electron chi connectivity index (χ2n) is 5.87. The molecule has 15 heavy (non-hydrogen) atoms. The molecule has 0 aliphatic heterocycles. The summed E-state index contributed by atoms with van der Waals surface area (Å²) in [5.74, 6) is 2.95. The third-order valence-electron chi connectivity index (χ3n) is 4.05. The molecule has 0 N–H and O–H groups in total. The normalized spacial score (nSPS) is 26.9. The van der Waals surface area contributed by atoms with Crippen molar-refractivity contribution in [1.82, 2.24) is 0 Å². The molecule has 1 aliphatic rings. The highest BCUT2D eigenvalue weighted by Crippen LogP contribution is 2.35. The minimum Gasteiger partial charge on any atom is -0.100 e. The molecule has 1 saturated carbocycles. The lowest BCUT2D eigenvalue weighted by molar-refractivity contribution is 0.215. The molecule has 0 heteroatoms. The van der Waals surface area contributed by atoms with Crippen molar-refractivity contribution in [2.45, 2.75) is 65.7 Å². The van der Waals surface area contributed by atoms with E-state index in [2.05, 4.69) is 27.4 Å². The number of allylic oxidation sites excluding steroid dienone is 1. The van der Waals surface area contributed by atoms with Gasteiger partial charge in [-0.15, -0.1) is 6.58 Å². The average molecular weight is 208 g/mol. The van der Waals surface area contributed by atoms with E-state index in [-0.39, 0.29) is 0 Å². The fraction of sp³-hybridized carbons (Fsp3) is 0.867. The lowest BCUT2D eigenvalue weighted by atomic mass is 9.75. The first-order chi connectivity index (χ1) is 7.09. The zero-order valence-corrected chi connectivity index (χ0v) is 10.9. The summed E-state index contributed by atoms with van der Waals surface area (Å²) in [4.78, 5) is 0. The molecule has 0 unspecified atom stereocenters. The number of hydrogen-bond donors (Lipinski definition) is 0. The second-order valence-corrected chi connectivity index (χ2v) is 5.87. The lowest BCUT2D eigenvalue weighted by Crippen LogP contribution is -2.18. The number of hydrogen-bond acceptors (Lipinski definition) is 0. The van der Waals surface area contributed by atoms with Gasteiger partial charge in [-0.25, -0.2) is 0 Å². The summed E-state index contributed by atoms with van der Waals surface area (Å²) in [5, 5.41) is 0. The monoisotopic (exact) mass is 208 g/mol. The van der Waals surface area contributed by atoms with Crippen LogP contribution in [-0.4, -0.2) is 0 Å². The first-order valence-corrected chi connectivity index (χ1v) is 6.74. The standard InChI is InChI=1S/C15H28/c1-12(2)6-5-7-14-8-10-15(11-9-14)13(3)4/h13-15H,1,5-11H2,2-4H3. The Bertz CT molecular complexity index is 182. The van der Waals surface area contributed by atoms with Crippen LogP contribution < -0.4 is 0 Å². The smallest absolute Gasteiger partial charge is 0.0326 e. The molecule has 0 amide bonds. The molecule has 0 aromatic heterocycles. The van der Waals surface area contributed by atoms with E-state index in [4.69, 9.17) is 0 Å². The summed E-state index contributed by atoms with van der Waals surface area (Å²) in [6.45, 7) is 10.9. The predicted octanol–water partition coefficient (Wildman–Crippen LogP) is 5.20. The summed E-state index contributed by atoms with van der Waals surface area (Å²) in [6, 6.07) is 0. The Balaban J connectivity index is 2.12. The maximum atomic E-state index is 3.97. The van der Waals surface area contributed by atoms with Crippen molar-refractivity contribution in [2.24, 2.45) is 17.8 Å². The van der Waals surface area contributed by atoms with E-state index in [0.29, 0.717) is 0 Å². The van der Waals surface area contributed by atoms with Crippen LogP contribution in [-0.2, 0) is 0 Å². The summed E-state index contributed by atoms with van der Waals surface area (Å²) >= 11 is 0. The Morgan fingerprint density at radius 3 is 2.27 bits per heavy atom. The van der Waals surface area contributed by atoms with Gasteiger partial charge in [0.1, 0.15) is 0 Å². The van der Waals surface area contributed by atoms with Crippen molar-refractivity contribution in [3.8, 4) is 0 Å². The van der Waals surface area contributed by atoms with E-state index < -0.39 is 0 Å². The van der Waals surface area contributed by atoms with Crippen LogP contribution in [0.4, 0.5) is 0 Å². The zero-order chi connectivity index (χ0) is 11.3. The van der Waals surface area contributed by atoms with Gasteiger partial charge in [-0.3, -0.25) is 0 Å². The zero-order valence-electron chi connectivity index (χ0n) is 10.9. The lowest BCUT2D eigenvalue weighted by Gasteiger charge is -2.30.